The first-order chi connectivity index (χ1) is 15.5. The minimum atomic E-state index is -1.60. The zero-order chi connectivity index (χ0) is 25.6. The summed E-state index contributed by atoms with van der Waals surface area (Å²) in [5.41, 5.74) is 0. The molecule has 0 N–H and O–H groups in total. The minimum absolute atomic E-state index is 0. The molecule has 3 rings (SSSR count). The number of hydrogen-bond acceptors (Lipinski definition) is 3. The summed E-state index contributed by atoms with van der Waals surface area (Å²) in [4.78, 5) is 3.06. The van der Waals surface area contributed by atoms with Crippen LogP contribution in [0.25, 0.3) is 0 Å². The average Bonchev–Trinajstić information content (AvgIpc) is 2.69. The zero-order valence-electron chi connectivity index (χ0n) is 24.9. The summed E-state index contributed by atoms with van der Waals surface area (Å²) in [6.07, 6.45) is 0. The van der Waals surface area contributed by atoms with Gasteiger partial charge in [-0.1, -0.05) is 129 Å². The van der Waals surface area contributed by atoms with Gasteiger partial charge in [-0.15, -0.1) is 0 Å². The molecule has 0 aromatic heterocycles. The van der Waals surface area contributed by atoms with Crippen molar-refractivity contribution in [1.29, 1.82) is 0 Å². The van der Waals surface area contributed by atoms with E-state index in [1.54, 1.807) is 0 Å². The molecule has 0 aliphatic heterocycles. The summed E-state index contributed by atoms with van der Waals surface area (Å²) in [6, 6.07) is 20.0. The van der Waals surface area contributed by atoms with Gasteiger partial charge < -0.3 is 37.9 Å². The molecule has 0 aliphatic rings. The van der Waals surface area contributed by atoms with Crippen molar-refractivity contribution >= 4 is 102 Å². The molecule has 10 heteroatoms. The molecule has 0 nitrogen and oxygen atoms in total. The molecule has 0 saturated heterocycles. The van der Waals surface area contributed by atoms with E-state index in [9.17, 15) is 0 Å². The Kier molecular flexibility index (Phi) is 16.2. The van der Waals surface area contributed by atoms with Crippen molar-refractivity contribution in [3.8, 4) is 0 Å². The predicted octanol–water partition coefficient (Wildman–Crippen LogP) is -4.19. The fourth-order valence-electron chi connectivity index (χ4n) is 4.26. The topological polar surface area (TPSA) is 0 Å². The maximum Gasteiger partial charge on any atom is 1.00 e. The molecule has 0 spiro atoms. The average molecular weight is 641 g/mol. The monoisotopic (exact) mass is 640 g/mol. The number of hydrogen-bond donors (Lipinski definition) is 0. The van der Waals surface area contributed by atoms with Gasteiger partial charge in [0.05, 0.1) is 24.2 Å². The molecule has 0 aliphatic carbocycles. The van der Waals surface area contributed by atoms with Crippen LogP contribution in [-0.2, 0) is 37.9 Å². The van der Waals surface area contributed by atoms with Crippen LogP contribution in [0.1, 0.15) is 0 Å². The summed E-state index contributed by atoms with van der Waals surface area (Å²) in [5, 5.41) is 7.78. The van der Waals surface area contributed by atoms with E-state index >= 15 is 0 Å². The Morgan fingerprint density at radius 3 is 0.838 bits per heavy atom. The summed E-state index contributed by atoms with van der Waals surface area (Å²) >= 11 is 18.6. The van der Waals surface area contributed by atoms with Gasteiger partial charge in [-0.25, -0.2) is 0 Å². The van der Waals surface area contributed by atoms with Gasteiger partial charge >= 0.3 is 88.7 Å². The van der Waals surface area contributed by atoms with Gasteiger partial charge in [-0.05, 0) is 23.8 Å². The Balaban J connectivity index is 0.00000432. The third-order valence-corrected chi connectivity index (χ3v) is 17.1. The van der Waals surface area contributed by atoms with Crippen molar-refractivity contribution < 1.29 is 88.7 Å². The second kappa shape index (κ2) is 15.2. The smallest absolute Gasteiger partial charge is 0.779 e. The largest absolute Gasteiger partial charge is 1.00 e. The molecule has 0 unspecified atom stereocenters. The fourth-order valence-corrected chi connectivity index (χ4v) is 15.3. The van der Waals surface area contributed by atoms with Crippen LogP contribution in [-0.4, -0.2) is 24.2 Å². The van der Waals surface area contributed by atoms with E-state index in [2.05, 4.69) is 114 Å². The Morgan fingerprint density at radius 2 is 0.649 bits per heavy atom. The van der Waals surface area contributed by atoms with Gasteiger partial charge in [0.25, 0.3) is 0 Å². The molecule has 0 fully saturated rings. The molecular formula is C27H36Na3PS3Si3. The summed E-state index contributed by atoms with van der Waals surface area (Å²) in [7, 11) is -5.74. The molecule has 0 heterocycles. The van der Waals surface area contributed by atoms with Crippen LogP contribution < -0.4 is 120 Å². The molecule has 0 atom stereocenters. The van der Waals surface area contributed by atoms with Crippen LogP contribution in [0.2, 0.25) is 58.9 Å². The van der Waals surface area contributed by atoms with E-state index in [0.717, 1.165) is 14.7 Å². The molecule has 37 heavy (non-hydrogen) atoms. The predicted molar refractivity (Wildman–Crippen MR) is 171 cm³/mol. The number of benzene rings is 3. The van der Waals surface area contributed by atoms with Crippen molar-refractivity contribution in [3.63, 3.8) is 0 Å². The first kappa shape index (κ1) is 39.4. The van der Waals surface area contributed by atoms with Crippen LogP contribution >= 0.6 is 7.92 Å². The van der Waals surface area contributed by atoms with Gasteiger partial charge in [-0.2, -0.15) is 14.7 Å². The van der Waals surface area contributed by atoms with Crippen molar-refractivity contribution in [2.75, 3.05) is 0 Å². The molecule has 182 valence electrons. The van der Waals surface area contributed by atoms with Crippen molar-refractivity contribution in [2.45, 2.75) is 73.6 Å². The second-order valence-corrected chi connectivity index (χ2v) is 30.5. The van der Waals surface area contributed by atoms with Gasteiger partial charge in [-0.3, -0.25) is 0 Å². The van der Waals surface area contributed by atoms with Crippen LogP contribution in [0, 0.1) is 0 Å². The van der Waals surface area contributed by atoms with E-state index in [1.165, 1.54) is 31.5 Å². The third kappa shape index (κ3) is 9.19. The van der Waals surface area contributed by atoms with Crippen molar-refractivity contribution in [2.24, 2.45) is 0 Å². The van der Waals surface area contributed by atoms with Crippen LogP contribution in [0.3, 0.4) is 0 Å². The van der Waals surface area contributed by atoms with E-state index in [1.807, 2.05) is 0 Å². The van der Waals surface area contributed by atoms with E-state index in [0.29, 0.717) is 0 Å². The summed E-state index contributed by atoms with van der Waals surface area (Å²) < 4.78 is 0. The van der Waals surface area contributed by atoms with Crippen molar-refractivity contribution in [3.05, 3.63) is 54.6 Å². The Bertz CT molecular complexity index is 1070. The Morgan fingerprint density at radius 1 is 0.432 bits per heavy atom. The van der Waals surface area contributed by atoms with E-state index in [-0.39, 0.29) is 88.7 Å². The maximum absolute atomic E-state index is 6.22. The first-order valence-electron chi connectivity index (χ1n) is 11.8. The van der Waals surface area contributed by atoms with Crippen LogP contribution in [0.4, 0.5) is 0 Å². The molecule has 3 aromatic carbocycles. The Hall–Kier alpha value is 2.40. The quantitative estimate of drug-likeness (QED) is 0.153. The van der Waals surface area contributed by atoms with Crippen LogP contribution in [0.15, 0.2) is 69.3 Å². The minimum Gasteiger partial charge on any atom is -0.779 e. The zero-order valence-corrected chi connectivity index (χ0v) is 37.2. The second-order valence-electron chi connectivity index (χ2n) is 12.0. The Labute approximate surface area is 313 Å². The molecule has 0 bridgehead atoms. The van der Waals surface area contributed by atoms with Gasteiger partial charge in [0.15, 0.2) is 0 Å². The van der Waals surface area contributed by atoms with Gasteiger partial charge in [0.2, 0.25) is 0 Å². The number of rotatable bonds is 6. The van der Waals surface area contributed by atoms with E-state index in [4.69, 9.17) is 37.9 Å². The molecule has 0 saturated carbocycles. The molecule has 3 aromatic rings. The molecular weight excluding hydrogens is 605 g/mol. The third-order valence-electron chi connectivity index (χ3n) is 6.13. The van der Waals surface area contributed by atoms with Gasteiger partial charge in [0.1, 0.15) is 0 Å². The molecule has 0 radical (unpaired) electrons. The van der Waals surface area contributed by atoms with Gasteiger partial charge in [0, 0.05) is 0 Å². The van der Waals surface area contributed by atoms with Crippen LogP contribution in [0.5, 0.6) is 0 Å². The SMILES string of the molecule is C[Si](C)(C)c1cccc(P(c2cccc([Si](C)(C)C)c2[S-])c2cccc([Si](C)(C)C)c2[S-])c1[S-].[Na+].[Na+].[Na+]. The summed E-state index contributed by atoms with van der Waals surface area (Å²) in [6.45, 7) is 21.4. The van der Waals surface area contributed by atoms with E-state index < -0.39 is 32.1 Å². The standard InChI is InChI=1S/C27H39PS3Si3.3Na/c1-32(2,3)22-16-10-13-19(25(22)29)28(20-14-11-17-23(26(20)30)33(4,5)6)21-15-12-18-24(27(21)31)34(7,8)9;;;/h10-18,29-31H,1-9H3;;;/q;3*+1/p-3. The maximum atomic E-state index is 6.22. The molecule has 0 amide bonds. The normalized spacial score (nSPS) is 11.8. The fraction of sp³-hybridized carbons (Fsp3) is 0.333. The summed E-state index contributed by atoms with van der Waals surface area (Å²) in [5.74, 6) is 0. The first-order valence-corrected chi connectivity index (χ1v) is 24.8. The van der Waals surface area contributed by atoms with Crippen molar-refractivity contribution in [1.82, 2.24) is 0 Å².